The van der Waals surface area contributed by atoms with Crippen LogP contribution < -0.4 is 11.1 Å². The number of nitrogens with two attached hydrogens (primary N) is 1. The highest BCUT2D eigenvalue weighted by atomic mass is 15.0. The summed E-state index contributed by atoms with van der Waals surface area (Å²) in [7, 11) is 0. The number of hydrogen-bond acceptors (Lipinski definition) is 5. The molecular formula is C14H21N5. The Morgan fingerprint density at radius 3 is 2.58 bits per heavy atom. The van der Waals surface area contributed by atoms with Gasteiger partial charge in [0.2, 0.25) is 0 Å². The summed E-state index contributed by atoms with van der Waals surface area (Å²) in [6.07, 6.45) is 5.44. The smallest absolute Gasteiger partial charge is 0.180 e. The first kappa shape index (κ1) is 13.7. The number of fused-ring (bicyclic) bond motifs is 1. The average Bonchev–Trinajstić information content (AvgIpc) is 2.49. The van der Waals surface area contributed by atoms with E-state index in [9.17, 15) is 0 Å². The minimum atomic E-state index is 0.138. The van der Waals surface area contributed by atoms with Gasteiger partial charge in [-0.15, -0.1) is 0 Å². The van der Waals surface area contributed by atoms with Crippen LogP contribution in [0.2, 0.25) is 0 Å². The monoisotopic (exact) mass is 259 g/mol. The zero-order valence-corrected chi connectivity index (χ0v) is 11.6. The SMILES string of the molecule is CCC(CC)(CN)CNc1ccc2nccnc2n1. The van der Waals surface area contributed by atoms with E-state index in [-0.39, 0.29) is 5.41 Å². The maximum absolute atomic E-state index is 5.90. The van der Waals surface area contributed by atoms with Crippen molar-refractivity contribution in [1.29, 1.82) is 0 Å². The zero-order valence-electron chi connectivity index (χ0n) is 11.6. The lowest BCUT2D eigenvalue weighted by atomic mass is 9.82. The van der Waals surface area contributed by atoms with Gasteiger partial charge in [0.25, 0.3) is 0 Å². The van der Waals surface area contributed by atoms with E-state index in [0.29, 0.717) is 12.2 Å². The number of pyridine rings is 1. The Bertz CT molecular complexity index is 528. The molecular weight excluding hydrogens is 238 g/mol. The molecule has 0 saturated carbocycles. The average molecular weight is 259 g/mol. The van der Waals surface area contributed by atoms with Gasteiger partial charge in [-0.3, -0.25) is 4.98 Å². The molecule has 0 aliphatic heterocycles. The van der Waals surface area contributed by atoms with Crippen LogP contribution in [0.5, 0.6) is 0 Å². The maximum Gasteiger partial charge on any atom is 0.180 e. The van der Waals surface area contributed by atoms with Crippen molar-refractivity contribution in [3.8, 4) is 0 Å². The number of nitrogens with one attached hydrogen (secondary N) is 1. The van der Waals surface area contributed by atoms with Crippen LogP contribution in [0.25, 0.3) is 11.2 Å². The summed E-state index contributed by atoms with van der Waals surface area (Å²) in [6.45, 7) is 5.87. The van der Waals surface area contributed by atoms with Gasteiger partial charge in [-0.2, -0.15) is 0 Å². The Morgan fingerprint density at radius 2 is 1.89 bits per heavy atom. The van der Waals surface area contributed by atoms with E-state index >= 15 is 0 Å². The predicted molar refractivity (Wildman–Crippen MR) is 77.9 cm³/mol. The molecule has 2 aromatic rings. The summed E-state index contributed by atoms with van der Waals surface area (Å²) in [5.41, 5.74) is 7.51. The Morgan fingerprint density at radius 1 is 1.16 bits per heavy atom. The molecule has 2 heterocycles. The third kappa shape index (κ3) is 2.98. The van der Waals surface area contributed by atoms with Gasteiger partial charge >= 0.3 is 0 Å². The van der Waals surface area contributed by atoms with Gasteiger partial charge in [0.05, 0.1) is 0 Å². The van der Waals surface area contributed by atoms with Crippen molar-refractivity contribution >= 4 is 17.0 Å². The summed E-state index contributed by atoms with van der Waals surface area (Å²) in [5.74, 6) is 0.827. The molecule has 0 spiro atoms. The second-order valence-electron chi connectivity index (χ2n) is 4.86. The lowest BCUT2D eigenvalue weighted by Gasteiger charge is -2.30. The van der Waals surface area contributed by atoms with Crippen LogP contribution in [0.3, 0.4) is 0 Å². The fourth-order valence-corrected chi connectivity index (χ4v) is 2.09. The molecule has 0 unspecified atom stereocenters. The molecule has 2 rings (SSSR count). The normalized spacial score (nSPS) is 11.7. The first-order valence-electron chi connectivity index (χ1n) is 6.75. The lowest BCUT2D eigenvalue weighted by Crippen LogP contribution is -2.36. The highest BCUT2D eigenvalue weighted by molar-refractivity contribution is 5.71. The highest BCUT2D eigenvalue weighted by Gasteiger charge is 2.24. The number of hydrogen-bond donors (Lipinski definition) is 2. The molecule has 0 saturated heterocycles. The van der Waals surface area contributed by atoms with E-state index in [2.05, 4.69) is 34.1 Å². The van der Waals surface area contributed by atoms with Crippen LogP contribution in [-0.2, 0) is 0 Å². The van der Waals surface area contributed by atoms with Gasteiger partial charge in [0, 0.05) is 18.9 Å². The number of nitrogens with zero attached hydrogens (tertiary/aromatic N) is 3. The zero-order chi connectivity index (χ0) is 13.7. The Labute approximate surface area is 113 Å². The van der Waals surface area contributed by atoms with Crippen molar-refractivity contribution in [2.45, 2.75) is 26.7 Å². The van der Waals surface area contributed by atoms with E-state index < -0.39 is 0 Å². The number of rotatable bonds is 6. The second-order valence-corrected chi connectivity index (χ2v) is 4.86. The van der Waals surface area contributed by atoms with Gasteiger partial charge in [-0.05, 0) is 36.9 Å². The van der Waals surface area contributed by atoms with E-state index in [0.717, 1.165) is 30.7 Å². The van der Waals surface area contributed by atoms with Crippen molar-refractivity contribution in [3.05, 3.63) is 24.5 Å². The first-order valence-corrected chi connectivity index (χ1v) is 6.75. The molecule has 19 heavy (non-hydrogen) atoms. The molecule has 5 heteroatoms. The quantitative estimate of drug-likeness (QED) is 0.831. The molecule has 0 amide bonds. The summed E-state index contributed by atoms with van der Waals surface area (Å²) in [5, 5.41) is 3.37. The van der Waals surface area contributed by atoms with Crippen molar-refractivity contribution in [2.24, 2.45) is 11.1 Å². The lowest BCUT2D eigenvalue weighted by molar-refractivity contribution is 0.294. The fraction of sp³-hybridized carbons (Fsp3) is 0.500. The standard InChI is InChI=1S/C14H21N5/c1-3-14(4-2,9-15)10-18-12-6-5-11-13(19-12)17-8-7-16-11/h5-8H,3-4,9-10,15H2,1-2H3,(H,17,18,19). The van der Waals surface area contributed by atoms with Crippen LogP contribution in [0, 0.1) is 5.41 Å². The molecule has 0 aliphatic carbocycles. The van der Waals surface area contributed by atoms with Crippen LogP contribution in [0.1, 0.15) is 26.7 Å². The molecule has 0 fully saturated rings. The Kier molecular flexibility index (Phi) is 4.27. The molecule has 0 atom stereocenters. The molecule has 102 valence electrons. The minimum absolute atomic E-state index is 0.138. The molecule has 2 aromatic heterocycles. The predicted octanol–water partition coefficient (Wildman–Crippen LogP) is 2.20. The van der Waals surface area contributed by atoms with Crippen LogP contribution in [-0.4, -0.2) is 28.0 Å². The van der Waals surface area contributed by atoms with Crippen molar-refractivity contribution < 1.29 is 0 Å². The highest BCUT2D eigenvalue weighted by Crippen LogP contribution is 2.25. The fourth-order valence-electron chi connectivity index (χ4n) is 2.09. The largest absolute Gasteiger partial charge is 0.369 e. The summed E-state index contributed by atoms with van der Waals surface area (Å²) in [6, 6.07) is 3.86. The van der Waals surface area contributed by atoms with Gasteiger partial charge < -0.3 is 11.1 Å². The molecule has 0 radical (unpaired) electrons. The third-order valence-corrected chi connectivity index (χ3v) is 3.91. The summed E-state index contributed by atoms with van der Waals surface area (Å²) < 4.78 is 0. The Hall–Kier alpha value is -1.75. The molecule has 0 aliphatic rings. The summed E-state index contributed by atoms with van der Waals surface area (Å²) >= 11 is 0. The first-order chi connectivity index (χ1) is 9.23. The van der Waals surface area contributed by atoms with E-state index in [1.54, 1.807) is 12.4 Å². The number of aromatic nitrogens is 3. The van der Waals surface area contributed by atoms with Crippen molar-refractivity contribution in [1.82, 2.24) is 15.0 Å². The maximum atomic E-state index is 5.90. The van der Waals surface area contributed by atoms with Crippen LogP contribution in [0.4, 0.5) is 5.82 Å². The van der Waals surface area contributed by atoms with Crippen LogP contribution >= 0.6 is 0 Å². The van der Waals surface area contributed by atoms with Gasteiger partial charge in [0.1, 0.15) is 11.3 Å². The van der Waals surface area contributed by atoms with Crippen molar-refractivity contribution in [3.63, 3.8) is 0 Å². The molecule has 3 N–H and O–H groups in total. The third-order valence-electron chi connectivity index (χ3n) is 3.91. The Balaban J connectivity index is 2.13. The van der Waals surface area contributed by atoms with Gasteiger partial charge in [0.15, 0.2) is 5.65 Å². The molecule has 5 nitrogen and oxygen atoms in total. The van der Waals surface area contributed by atoms with Crippen LogP contribution in [0.15, 0.2) is 24.5 Å². The van der Waals surface area contributed by atoms with Crippen molar-refractivity contribution in [2.75, 3.05) is 18.4 Å². The number of anilines is 1. The minimum Gasteiger partial charge on any atom is -0.369 e. The van der Waals surface area contributed by atoms with E-state index in [1.807, 2.05) is 12.1 Å². The topological polar surface area (TPSA) is 76.7 Å². The summed E-state index contributed by atoms with van der Waals surface area (Å²) in [4.78, 5) is 12.9. The van der Waals surface area contributed by atoms with Gasteiger partial charge in [-0.1, -0.05) is 13.8 Å². The van der Waals surface area contributed by atoms with E-state index in [4.69, 9.17) is 5.73 Å². The molecule has 0 bridgehead atoms. The van der Waals surface area contributed by atoms with Gasteiger partial charge in [-0.25, -0.2) is 9.97 Å². The molecule has 0 aromatic carbocycles. The van der Waals surface area contributed by atoms with E-state index in [1.165, 1.54) is 0 Å². The second kappa shape index (κ2) is 5.93.